The zero-order valence-electron chi connectivity index (χ0n) is 8.74. The molecule has 1 N–H and O–H groups in total. The number of halogens is 1. The summed E-state index contributed by atoms with van der Waals surface area (Å²) in [7, 11) is -7.22. The van der Waals surface area contributed by atoms with Crippen LogP contribution in [-0.2, 0) is 28.6 Å². The standard InChI is InChI=1S/C6H13NO6S2.BrH/c1-14(8,9)12-5-3-7-4-6(5)13-15(2,10)11;/h5-7H,3-4H2,1-2H3;1H/t5-,6-;/m0./s1. The zero-order valence-corrected chi connectivity index (χ0v) is 12.1. The number of hydrogen-bond donors (Lipinski definition) is 1. The van der Waals surface area contributed by atoms with Crippen molar-refractivity contribution in [1.82, 2.24) is 5.32 Å². The zero-order chi connectivity index (χ0) is 11.7. The molecule has 0 bridgehead atoms. The number of rotatable bonds is 4. The molecule has 1 saturated heterocycles. The Kier molecular flexibility index (Phi) is 5.83. The van der Waals surface area contributed by atoms with E-state index < -0.39 is 32.4 Å². The van der Waals surface area contributed by atoms with Crippen LogP contribution >= 0.6 is 17.0 Å². The van der Waals surface area contributed by atoms with Crippen molar-refractivity contribution in [2.75, 3.05) is 25.6 Å². The third kappa shape index (κ3) is 6.11. The van der Waals surface area contributed by atoms with E-state index in [4.69, 9.17) is 0 Å². The molecular weight excluding hydrogens is 326 g/mol. The van der Waals surface area contributed by atoms with Gasteiger partial charge in [-0.2, -0.15) is 16.8 Å². The maximum atomic E-state index is 10.8. The van der Waals surface area contributed by atoms with Crippen LogP contribution in [0, 0.1) is 0 Å². The van der Waals surface area contributed by atoms with E-state index in [2.05, 4.69) is 13.7 Å². The van der Waals surface area contributed by atoms with Gasteiger partial charge >= 0.3 is 0 Å². The van der Waals surface area contributed by atoms with Crippen LogP contribution in [0.2, 0.25) is 0 Å². The Bertz CT molecular complexity index is 378. The first-order valence-electron chi connectivity index (χ1n) is 4.14. The maximum Gasteiger partial charge on any atom is 0.264 e. The second-order valence-corrected chi connectivity index (χ2v) is 6.54. The van der Waals surface area contributed by atoms with Crippen molar-refractivity contribution in [2.45, 2.75) is 12.2 Å². The lowest BCUT2D eigenvalue weighted by Crippen LogP contribution is -2.33. The van der Waals surface area contributed by atoms with Gasteiger partial charge in [-0.25, -0.2) is 0 Å². The van der Waals surface area contributed by atoms with Crippen LogP contribution in [0.3, 0.4) is 0 Å². The largest absolute Gasteiger partial charge is 0.311 e. The van der Waals surface area contributed by atoms with Gasteiger partial charge in [-0.3, -0.25) is 8.37 Å². The molecular formula is C6H14BrNO6S2. The molecule has 7 nitrogen and oxygen atoms in total. The summed E-state index contributed by atoms with van der Waals surface area (Å²) < 4.78 is 52.7. The molecule has 0 radical (unpaired) electrons. The molecule has 0 unspecified atom stereocenters. The fourth-order valence-corrected chi connectivity index (χ4v) is 2.55. The van der Waals surface area contributed by atoms with Crippen LogP contribution in [0.1, 0.15) is 0 Å². The molecule has 0 aliphatic carbocycles. The summed E-state index contributed by atoms with van der Waals surface area (Å²) in [6.45, 7) is 0.487. The van der Waals surface area contributed by atoms with Gasteiger partial charge in [0.2, 0.25) is 0 Å². The van der Waals surface area contributed by atoms with E-state index in [1.165, 1.54) is 0 Å². The Morgan fingerprint density at radius 2 is 1.25 bits per heavy atom. The van der Waals surface area contributed by atoms with Gasteiger partial charge in [0, 0.05) is 13.1 Å². The van der Waals surface area contributed by atoms with Gasteiger partial charge < -0.3 is 5.32 Å². The summed E-state index contributed by atoms with van der Waals surface area (Å²) >= 11 is 0. The van der Waals surface area contributed by atoms with E-state index in [1.807, 2.05) is 0 Å². The Morgan fingerprint density at radius 3 is 1.50 bits per heavy atom. The molecule has 10 heteroatoms. The molecule has 0 aromatic carbocycles. The second-order valence-electron chi connectivity index (χ2n) is 3.34. The van der Waals surface area contributed by atoms with Gasteiger partial charge in [0.15, 0.2) is 0 Å². The van der Waals surface area contributed by atoms with Gasteiger partial charge in [0.05, 0.1) is 12.5 Å². The van der Waals surface area contributed by atoms with Crippen molar-refractivity contribution < 1.29 is 25.2 Å². The topological polar surface area (TPSA) is 98.8 Å². The van der Waals surface area contributed by atoms with Crippen molar-refractivity contribution in [3.8, 4) is 0 Å². The quantitative estimate of drug-likeness (QED) is 0.646. The Labute approximate surface area is 106 Å². The summed E-state index contributed by atoms with van der Waals surface area (Å²) in [5.41, 5.74) is 0. The van der Waals surface area contributed by atoms with Crippen LogP contribution in [0.15, 0.2) is 0 Å². The van der Waals surface area contributed by atoms with Crippen molar-refractivity contribution >= 4 is 37.2 Å². The molecule has 1 fully saturated rings. The fraction of sp³-hybridized carbons (Fsp3) is 1.00. The smallest absolute Gasteiger partial charge is 0.264 e. The van der Waals surface area contributed by atoms with Gasteiger partial charge in [0.1, 0.15) is 12.2 Å². The SMILES string of the molecule is Br.CS(=O)(=O)O[C@H]1CNC[C@@H]1OS(C)(=O)=O. The first kappa shape index (κ1) is 16.3. The summed E-state index contributed by atoms with van der Waals surface area (Å²) in [6.07, 6.45) is 0.218. The van der Waals surface area contributed by atoms with Gasteiger partial charge in [-0.1, -0.05) is 0 Å². The maximum absolute atomic E-state index is 10.8. The molecule has 0 amide bonds. The minimum absolute atomic E-state index is 0. The fourth-order valence-electron chi connectivity index (χ4n) is 1.27. The van der Waals surface area contributed by atoms with Crippen LogP contribution in [0.4, 0.5) is 0 Å². The first-order chi connectivity index (χ1) is 6.67. The highest BCUT2D eigenvalue weighted by atomic mass is 79.9. The highest BCUT2D eigenvalue weighted by Gasteiger charge is 2.34. The Morgan fingerprint density at radius 1 is 0.938 bits per heavy atom. The van der Waals surface area contributed by atoms with E-state index in [1.54, 1.807) is 0 Å². The Balaban J connectivity index is 0.00000225. The molecule has 0 aromatic heterocycles. The molecule has 1 rings (SSSR count). The lowest BCUT2D eigenvalue weighted by molar-refractivity contribution is 0.102. The molecule has 1 heterocycles. The van der Waals surface area contributed by atoms with E-state index in [0.29, 0.717) is 0 Å². The molecule has 1 aliphatic heterocycles. The normalized spacial score (nSPS) is 26.4. The average molecular weight is 340 g/mol. The minimum atomic E-state index is -3.61. The molecule has 1 aliphatic rings. The number of hydrogen-bond acceptors (Lipinski definition) is 7. The average Bonchev–Trinajstić information content (AvgIpc) is 2.29. The monoisotopic (exact) mass is 339 g/mol. The van der Waals surface area contributed by atoms with Gasteiger partial charge in [-0.05, 0) is 0 Å². The molecule has 0 spiro atoms. The van der Waals surface area contributed by atoms with Crippen molar-refractivity contribution in [1.29, 1.82) is 0 Å². The second kappa shape index (κ2) is 5.74. The summed E-state index contributed by atoms with van der Waals surface area (Å²) in [4.78, 5) is 0. The van der Waals surface area contributed by atoms with Crippen LogP contribution in [0.5, 0.6) is 0 Å². The predicted molar refractivity (Wildman–Crippen MR) is 62.6 cm³/mol. The van der Waals surface area contributed by atoms with Crippen molar-refractivity contribution in [3.63, 3.8) is 0 Å². The van der Waals surface area contributed by atoms with E-state index >= 15 is 0 Å². The first-order valence-corrected chi connectivity index (χ1v) is 7.78. The lowest BCUT2D eigenvalue weighted by Gasteiger charge is -2.16. The minimum Gasteiger partial charge on any atom is -0.311 e. The molecule has 0 aromatic rings. The lowest BCUT2D eigenvalue weighted by atomic mass is 10.3. The molecule has 98 valence electrons. The third-order valence-electron chi connectivity index (χ3n) is 1.70. The third-order valence-corrected chi connectivity index (χ3v) is 2.90. The molecule has 2 atom stereocenters. The summed E-state index contributed by atoms with van der Waals surface area (Å²) in [6, 6.07) is 0. The van der Waals surface area contributed by atoms with Crippen LogP contribution < -0.4 is 5.32 Å². The highest BCUT2D eigenvalue weighted by Crippen LogP contribution is 2.13. The van der Waals surface area contributed by atoms with E-state index in [9.17, 15) is 16.8 Å². The van der Waals surface area contributed by atoms with Gasteiger partial charge in [-0.15, -0.1) is 17.0 Å². The van der Waals surface area contributed by atoms with E-state index in [-0.39, 0.29) is 30.1 Å². The molecule has 0 saturated carbocycles. The van der Waals surface area contributed by atoms with Crippen LogP contribution in [0.25, 0.3) is 0 Å². The van der Waals surface area contributed by atoms with Gasteiger partial charge in [0.25, 0.3) is 20.2 Å². The van der Waals surface area contributed by atoms with E-state index in [0.717, 1.165) is 12.5 Å². The summed E-state index contributed by atoms with van der Waals surface area (Å²) in [5.74, 6) is 0. The number of nitrogens with one attached hydrogen (secondary N) is 1. The summed E-state index contributed by atoms with van der Waals surface area (Å²) in [5, 5.41) is 2.79. The highest BCUT2D eigenvalue weighted by molar-refractivity contribution is 8.93. The predicted octanol–water partition coefficient (Wildman–Crippen LogP) is -1.14. The van der Waals surface area contributed by atoms with Crippen LogP contribution in [-0.4, -0.2) is 54.6 Å². The van der Waals surface area contributed by atoms with Crippen molar-refractivity contribution in [3.05, 3.63) is 0 Å². The van der Waals surface area contributed by atoms with Crippen molar-refractivity contribution in [2.24, 2.45) is 0 Å². The Hall–Kier alpha value is 0.260. The molecule has 16 heavy (non-hydrogen) atoms.